The summed E-state index contributed by atoms with van der Waals surface area (Å²) < 4.78 is 5.00. The lowest BCUT2D eigenvalue weighted by Crippen LogP contribution is -1.92. The highest BCUT2D eigenvalue weighted by atomic mass is 16.5. The molecular weight excluding hydrogens is 228 g/mol. The number of allylic oxidation sites excluding steroid dienone is 1. The lowest BCUT2D eigenvalue weighted by molar-refractivity contribution is -0.114. The number of rotatable bonds is 7. The van der Waals surface area contributed by atoms with E-state index in [-0.39, 0.29) is 11.5 Å². The number of carbonyl (C=O) groups excluding carboxylic acids is 1. The van der Waals surface area contributed by atoms with Crippen LogP contribution in [-0.2, 0) is 4.79 Å². The average Bonchev–Trinajstić information content (AvgIpc) is 2.38. The zero-order valence-electron chi connectivity index (χ0n) is 11.0. The first-order chi connectivity index (χ1) is 8.69. The number of ether oxygens (including phenoxy) is 1. The van der Waals surface area contributed by atoms with E-state index in [4.69, 9.17) is 4.74 Å². The molecule has 0 atom stereocenters. The van der Waals surface area contributed by atoms with Crippen LogP contribution < -0.4 is 4.74 Å². The molecule has 3 heteroatoms. The maximum Gasteiger partial charge on any atom is 0.165 e. The van der Waals surface area contributed by atoms with Crippen LogP contribution in [0.15, 0.2) is 24.3 Å². The molecule has 3 nitrogen and oxygen atoms in total. The molecule has 1 aromatic carbocycles. The molecule has 0 aliphatic rings. The van der Waals surface area contributed by atoms with Crippen molar-refractivity contribution in [1.82, 2.24) is 0 Å². The van der Waals surface area contributed by atoms with Gasteiger partial charge in [-0.15, -0.1) is 0 Å². The first kappa shape index (κ1) is 14.3. The molecule has 0 fully saturated rings. The molecule has 0 unspecified atom stereocenters. The van der Waals surface area contributed by atoms with Gasteiger partial charge in [0.2, 0.25) is 0 Å². The van der Waals surface area contributed by atoms with Crippen molar-refractivity contribution in [3.8, 4) is 11.5 Å². The smallest absolute Gasteiger partial charge is 0.165 e. The summed E-state index contributed by atoms with van der Waals surface area (Å²) in [7, 11) is 1.50. The second-order valence-corrected chi connectivity index (χ2v) is 4.15. The zero-order chi connectivity index (χ0) is 13.4. The Balaban J connectivity index is 2.64. The standard InChI is InChI=1S/C15H20O3/c1-3-4-5-8-13(16)11-10-12-7-6-9-14(18-2)15(12)17/h6-7,9-11,17H,3-5,8H2,1-2H3/b11-10+. The number of carbonyl (C=O) groups is 1. The van der Waals surface area contributed by atoms with Crippen LogP contribution in [0.5, 0.6) is 11.5 Å². The molecule has 98 valence electrons. The Kier molecular flexibility index (Phi) is 5.98. The molecule has 0 heterocycles. The molecule has 0 aliphatic heterocycles. The SMILES string of the molecule is CCCCCC(=O)/C=C/c1cccc(OC)c1O. The Morgan fingerprint density at radius 3 is 2.83 bits per heavy atom. The van der Waals surface area contributed by atoms with E-state index in [1.54, 1.807) is 24.3 Å². The highest BCUT2D eigenvalue weighted by molar-refractivity contribution is 5.93. The van der Waals surface area contributed by atoms with Crippen LogP contribution in [0, 0.1) is 0 Å². The molecular formula is C15H20O3. The van der Waals surface area contributed by atoms with Gasteiger partial charge in [0, 0.05) is 12.0 Å². The second-order valence-electron chi connectivity index (χ2n) is 4.15. The van der Waals surface area contributed by atoms with Crippen LogP contribution in [0.2, 0.25) is 0 Å². The third-order valence-electron chi connectivity index (χ3n) is 2.73. The number of aromatic hydroxyl groups is 1. The Morgan fingerprint density at radius 2 is 2.17 bits per heavy atom. The molecule has 0 radical (unpaired) electrons. The number of hydrogen-bond acceptors (Lipinski definition) is 3. The molecule has 1 rings (SSSR count). The van der Waals surface area contributed by atoms with E-state index in [9.17, 15) is 9.90 Å². The number of hydrogen-bond donors (Lipinski definition) is 1. The number of benzene rings is 1. The zero-order valence-corrected chi connectivity index (χ0v) is 11.0. The van der Waals surface area contributed by atoms with Gasteiger partial charge in [0.05, 0.1) is 7.11 Å². The third kappa shape index (κ3) is 4.24. The molecule has 18 heavy (non-hydrogen) atoms. The molecule has 1 N–H and O–H groups in total. The van der Waals surface area contributed by atoms with E-state index in [0.717, 1.165) is 19.3 Å². The van der Waals surface area contributed by atoms with Gasteiger partial charge >= 0.3 is 0 Å². The van der Waals surface area contributed by atoms with Crippen LogP contribution in [0.25, 0.3) is 6.08 Å². The first-order valence-electron chi connectivity index (χ1n) is 6.26. The van der Waals surface area contributed by atoms with Crippen molar-refractivity contribution in [3.05, 3.63) is 29.8 Å². The molecule has 0 saturated carbocycles. The lowest BCUT2D eigenvalue weighted by atomic mass is 10.1. The fourth-order valence-corrected chi connectivity index (χ4v) is 1.65. The normalized spacial score (nSPS) is 10.8. The number of unbranched alkanes of at least 4 members (excludes halogenated alkanes) is 2. The number of phenols is 1. The fourth-order valence-electron chi connectivity index (χ4n) is 1.65. The summed E-state index contributed by atoms with van der Waals surface area (Å²) in [4.78, 5) is 11.6. The van der Waals surface area contributed by atoms with Crippen LogP contribution in [0.3, 0.4) is 0 Å². The van der Waals surface area contributed by atoms with Crippen molar-refractivity contribution < 1.29 is 14.6 Å². The Hall–Kier alpha value is -1.77. The number of ketones is 1. The largest absolute Gasteiger partial charge is 0.504 e. The minimum absolute atomic E-state index is 0.0672. The summed E-state index contributed by atoms with van der Waals surface area (Å²) in [6.45, 7) is 2.11. The van der Waals surface area contributed by atoms with Crippen molar-refractivity contribution in [1.29, 1.82) is 0 Å². The summed E-state index contributed by atoms with van der Waals surface area (Å²) in [6.07, 6.45) is 6.81. The molecule has 0 aliphatic carbocycles. The van der Waals surface area contributed by atoms with E-state index in [1.165, 1.54) is 13.2 Å². The van der Waals surface area contributed by atoms with E-state index in [1.807, 2.05) is 0 Å². The van der Waals surface area contributed by atoms with Crippen LogP contribution in [0.1, 0.15) is 38.2 Å². The van der Waals surface area contributed by atoms with E-state index >= 15 is 0 Å². The molecule has 1 aromatic rings. The average molecular weight is 248 g/mol. The van der Waals surface area contributed by atoms with Crippen molar-refractivity contribution in [2.45, 2.75) is 32.6 Å². The van der Waals surface area contributed by atoms with Crippen molar-refractivity contribution >= 4 is 11.9 Å². The van der Waals surface area contributed by atoms with Gasteiger partial charge in [-0.1, -0.05) is 31.9 Å². The van der Waals surface area contributed by atoms with Crippen molar-refractivity contribution in [2.75, 3.05) is 7.11 Å². The predicted molar refractivity (Wildman–Crippen MR) is 72.8 cm³/mol. The molecule has 0 aromatic heterocycles. The Labute approximate surface area is 108 Å². The summed E-state index contributed by atoms with van der Waals surface area (Å²) in [5.74, 6) is 0.568. The van der Waals surface area contributed by atoms with Crippen molar-refractivity contribution in [2.24, 2.45) is 0 Å². The Morgan fingerprint density at radius 1 is 1.39 bits per heavy atom. The van der Waals surface area contributed by atoms with E-state index in [2.05, 4.69) is 6.92 Å². The topological polar surface area (TPSA) is 46.5 Å². The van der Waals surface area contributed by atoms with Gasteiger partial charge in [-0.2, -0.15) is 0 Å². The van der Waals surface area contributed by atoms with Crippen molar-refractivity contribution in [3.63, 3.8) is 0 Å². The molecule has 0 spiro atoms. The van der Waals surface area contributed by atoms with Crippen LogP contribution >= 0.6 is 0 Å². The van der Waals surface area contributed by atoms with Gasteiger partial charge in [0.15, 0.2) is 17.3 Å². The minimum Gasteiger partial charge on any atom is -0.504 e. The summed E-state index contributed by atoms with van der Waals surface area (Å²) in [5, 5.41) is 9.83. The summed E-state index contributed by atoms with van der Waals surface area (Å²) >= 11 is 0. The van der Waals surface area contributed by atoms with Gasteiger partial charge in [-0.05, 0) is 24.6 Å². The van der Waals surface area contributed by atoms with Gasteiger partial charge in [0.25, 0.3) is 0 Å². The Bertz CT molecular complexity index is 422. The number of phenolic OH excluding ortho intramolecular Hbond substituents is 1. The summed E-state index contributed by atoms with van der Waals surface area (Å²) in [6, 6.07) is 5.20. The van der Waals surface area contributed by atoms with Gasteiger partial charge in [-0.25, -0.2) is 0 Å². The first-order valence-corrected chi connectivity index (χ1v) is 6.26. The van der Waals surface area contributed by atoms with Gasteiger partial charge in [-0.3, -0.25) is 4.79 Å². The summed E-state index contributed by atoms with van der Waals surface area (Å²) in [5.41, 5.74) is 0.596. The monoisotopic (exact) mass is 248 g/mol. The second kappa shape index (κ2) is 7.54. The lowest BCUT2D eigenvalue weighted by Gasteiger charge is -2.05. The number of methoxy groups -OCH3 is 1. The fraction of sp³-hybridized carbons (Fsp3) is 0.400. The van der Waals surface area contributed by atoms with Gasteiger partial charge in [0.1, 0.15) is 0 Å². The molecule has 0 amide bonds. The third-order valence-corrected chi connectivity index (χ3v) is 2.73. The van der Waals surface area contributed by atoms with E-state index in [0.29, 0.717) is 17.7 Å². The van der Waals surface area contributed by atoms with Crippen LogP contribution in [-0.4, -0.2) is 18.0 Å². The van der Waals surface area contributed by atoms with E-state index < -0.39 is 0 Å². The quantitative estimate of drug-likeness (QED) is 0.592. The van der Waals surface area contributed by atoms with Gasteiger partial charge < -0.3 is 9.84 Å². The highest BCUT2D eigenvalue weighted by Crippen LogP contribution is 2.30. The highest BCUT2D eigenvalue weighted by Gasteiger charge is 2.04. The minimum atomic E-state index is 0.0672. The van der Waals surface area contributed by atoms with Crippen LogP contribution in [0.4, 0.5) is 0 Å². The maximum absolute atomic E-state index is 11.6. The molecule has 0 bridgehead atoms. The number of para-hydroxylation sites is 1. The maximum atomic E-state index is 11.6. The molecule has 0 saturated heterocycles. The predicted octanol–water partition coefficient (Wildman–Crippen LogP) is 3.56.